The van der Waals surface area contributed by atoms with Crippen molar-refractivity contribution in [3.63, 3.8) is 0 Å². The molecule has 7 nitrogen and oxygen atoms in total. The molecule has 156 valence electrons. The number of para-hydroxylation sites is 1. The van der Waals surface area contributed by atoms with Gasteiger partial charge in [-0.1, -0.05) is 46.7 Å². The molecule has 3 aromatic carbocycles. The maximum atomic E-state index is 10.9. The highest BCUT2D eigenvalue weighted by Crippen LogP contribution is 2.33. The van der Waals surface area contributed by atoms with Crippen LogP contribution in [0, 0.1) is 0 Å². The molecule has 0 unspecified atom stereocenters. The molecule has 0 aliphatic carbocycles. The molecular weight excluding hydrogens is 394 g/mol. The second kappa shape index (κ2) is 8.31. The van der Waals surface area contributed by atoms with Gasteiger partial charge in [0, 0.05) is 28.4 Å². The molecule has 0 radical (unpaired) electrons. The minimum absolute atomic E-state index is 0.109. The molecule has 7 heteroatoms. The summed E-state index contributed by atoms with van der Waals surface area (Å²) in [4.78, 5) is 10.9. The average molecular weight is 415 g/mol. The number of oxime groups is 2. The van der Waals surface area contributed by atoms with E-state index in [0.29, 0.717) is 17.0 Å². The molecule has 0 aliphatic rings. The molecule has 4 aromatic rings. The third-order valence-electron chi connectivity index (χ3n) is 5.40. The fourth-order valence-corrected chi connectivity index (χ4v) is 3.82. The van der Waals surface area contributed by atoms with Gasteiger partial charge in [-0.25, -0.2) is 0 Å². The van der Waals surface area contributed by atoms with Crippen LogP contribution < -0.4 is 0 Å². The number of aliphatic carboxylic acids is 1. The zero-order chi connectivity index (χ0) is 22.0. The van der Waals surface area contributed by atoms with E-state index in [9.17, 15) is 10.0 Å². The second-order valence-electron chi connectivity index (χ2n) is 7.26. The number of aromatic nitrogens is 1. The molecular formula is C24H21N3O4. The Morgan fingerprint density at radius 1 is 0.839 bits per heavy atom. The van der Waals surface area contributed by atoms with Gasteiger partial charge in [-0.2, -0.15) is 0 Å². The van der Waals surface area contributed by atoms with E-state index in [2.05, 4.69) is 14.9 Å². The van der Waals surface area contributed by atoms with E-state index in [1.807, 2.05) is 66.7 Å². The molecule has 3 N–H and O–H groups in total. The molecule has 1 heterocycles. The van der Waals surface area contributed by atoms with Crippen molar-refractivity contribution in [3.05, 3.63) is 77.9 Å². The monoisotopic (exact) mass is 415 g/mol. The summed E-state index contributed by atoms with van der Waals surface area (Å²) >= 11 is 0. The molecule has 0 bridgehead atoms. The van der Waals surface area contributed by atoms with E-state index in [-0.39, 0.29) is 12.8 Å². The van der Waals surface area contributed by atoms with Gasteiger partial charge in [0.25, 0.3) is 0 Å². The number of carboxylic acid groups (broad SMARTS) is 1. The van der Waals surface area contributed by atoms with Crippen LogP contribution >= 0.6 is 0 Å². The summed E-state index contributed by atoms with van der Waals surface area (Å²) in [6.45, 7) is 1.74. The van der Waals surface area contributed by atoms with Crippen molar-refractivity contribution in [1.29, 1.82) is 0 Å². The lowest BCUT2D eigenvalue weighted by molar-refractivity contribution is -0.136. The van der Waals surface area contributed by atoms with Crippen molar-refractivity contribution in [2.45, 2.75) is 19.8 Å². The van der Waals surface area contributed by atoms with Crippen molar-refractivity contribution in [2.24, 2.45) is 10.3 Å². The summed E-state index contributed by atoms with van der Waals surface area (Å²) in [5.41, 5.74) is 5.33. The topological polar surface area (TPSA) is 107 Å². The molecule has 0 atom stereocenters. The Balaban J connectivity index is 1.88. The van der Waals surface area contributed by atoms with Crippen molar-refractivity contribution in [1.82, 2.24) is 4.57 Å². The maximum Gasteiger partial charge on any atom is 0.303 e. The third-order valence-corrected chi connectivity index (χ3v) is 5.40. The summed E-state index contributed by atoms with van der Waals surface area (Å²) in [6, 6.07) is 21.5. The predicted molar refractivity (Wildman–Crippen MR) is 120 cm³/mol. The van der Waals surface area contributed by atoms with Gasteiger partial charge in [0.1, 0.15) is 0 Å². The third kappa shape index (κ3) is 3.73. The number of carbonyl (C=O) groups is 1. The van der Waals surface area contributed by atoms with Crippen LogP contribution in [-0.2, 0) is 4.79 Å². The van der Waals surface area contributed by atoms with Crippen LogP contribution in [0.25, 0.3) is 27.5 Å². The molecule has 0 spiro atoms. The largest absolute Gasteiger partial charge is 0.481 e. The van der Waals surface area contributed by atoms with Crippen LogP contribution in [0.1, 0.15) is 30.9 Å². The first-order chi connectivity index (χ1) is 15.0. The Kier molecular flexibility index (Phi) is 5.41. The van der Waals surface area contributed by atoms with Crippen molar-refractivity contribution in [2.75, 3.05) is 0 Å². The van der Waals surface area contributed by atoms with E-state index in [1.165, 1.54) is 0 Å². The zero-order valence-electron chi connectivity index (χ0n) is 16.9. The van der Waals surface area contributed by atoms with Gasteiger partial charge in [0.15, 0.2) is 0 Å². The summed E-state index contributed by atoms with van der Waals surface area (Å²) < 4.78 is 2.14. The van der Waals surface area contributed by atoms with Crippen molar-refractivity contribution in [3.8, 4) is 5.69 Å². The number of nitrogens with zero attached hydrogens (tertiary/aromatic N) is 3. The Morgan fingerprint density at radius 2 is 1.52 bits per heavy atom. The van der Waals surface area contributed by atoms with Crippen molar-refractivity contribution >= 4 is 39.2 Å². The molecule has 0 amide bonds. The summed E-state index contributed by atoms with van der Waals surface area (Å²) in [7, 11) is 0. The normalized spacial score (nSPS) is 12.5. The fraction of sp³-hybridized carbons (Fsp3) is 0.125. The van der Waals surface area contributed by atoms with Gasteiger partial charge in [-0.3, -0.25) is 4.79 Å². The van der Waals surface area contributed by atoms with Gasteiger partial charge in [0.05, 0.1) is 28.9 Å². The Bertz CT molecular complexity index is 1330. The Labute approximate surface area is 178 Å². The van der Waals surface area contributed by atoms with Crippen LogP contribution in [0.5, 0.6) is 0 Å². The van der Waals surface area contributed by atoms with Crippen LogP contribution in [0.3, 0.4) is 0 Å². The molecule has 31 heavy (non-hydrogen) atoms. The molecule has 4 rings (SSSR count). The van der Waals surface area contributed by atoms with Crippen LogP contribution in [0.4, 0.5) is 0 Å². The van der Waals surface area contributed by atoms with Gasteiger partial charge >= 0.3 is 5.97 Å². The molecule has 0 aliphatic heterocycles. The number of hydrogen-bond donors (Lipinski definition) is 3. The van der Waals surface area contributed by atoms with Crippen LogP contribution in [-0.4, -0.2) is 37.5 Å². The lowest BCUT2D eigenvalue weighted by atomic mass is 10.0. The maximum absolute atomic E-state index is 10.9. The van der Waals surface area contributed by atoms with E-state index in [1.54, 1.807) is 6.92 Å². The zero-order valence-corrected chi connectivity index (χ0v) is 16.9. The SMILES string of the molecule is CC(=NO)c1ccc(-n2c3ccccc3c3cc(C(CCC(=O)O)=NO)ccc32)cc1. The van der Waals surface area contributed by atoms with E-state index < -0.39 is 5.97 Å². The summed E-state index contributed by atoms with van der Waals surface area (Å²) in [5, 5.41) is 36.0. The minimum Gasteiger partial charge on any atom is -0.481 e. The highest BCUT2D eigenvalue weighted by atomic mass is 16.4. The average Bonchev–Trinajstić information content (AvgIpc) is 3.13. The lowest BCUT2D eigenvalue weighted by Crippen LogP contribution is -2.05. The van der Waals surface area contributed by atoms with Crippen LogP contribution in [0.15, 0.2) is 77.0 Å². The van der Waals surface area contributed by atoms with Gasteiger partial charge in [0.2, 0.25) is 0 Å². The Morgan fingerprint density at radius 3 is 2.19 bits per heavy atom. The first kappa shape index (κ1) is 20.2. The molecule has 1 aromatic heterocycles. The number of rotatable bonds is 6. The lowest BCUT2D eigenvalue weighted by Gasteiger charge is -2.09. The predicted octanol–water partition coefficient (Wildman–Crippen LogP) is 5.03. The van der Waals surface area contributed by atoms with Gasteiger partial charge in [-0.05, 0) is 42.8 Å². The number of carboxylic acids is 1. The number of fused-ring (bicyclic) bond motifs is 3. The highest BCUT2D eigenvalue weighted by Gasteiger charge is 2.15. The standard InChI is InChI=1S/C24H21N3O4/c1-15(25-30)16-6-9-18(10-7-16)27-22-5-3-2-4-19(22)20-14-17(8-12-23(20)27)21(26-31)11-13-24(28)29/h2-10,12,14,30-31H,11,13H2,1H3,(H,28,29). The Hall–Kier alpha value is -4.13. The molecule has 0 saturated heterocycles. The van der Waals surface area contributed by atoms with Gasteiger partial charge < -0.3 is 20.1 Å². The van der Waals surface area contributed by atoms with Gasteiger partial charge in [-0.15, -0.1) is 0 Å². The highest BCUT2D eigenvalue weighted by molar-refractivity contribution is 6.12. The van der Waals surface area contributed by atoms with Crippen molar-refractivity contribution < 1.29 is 20.3 Å². The van der Waals surface area contributed by atoms with Crippen LogP contribution in [0.2, 0.25) is 0 Å². The summed E-state index contributed by atoms with van der Waals surface area (Å²) in [5.74, 6) is -0.941. The molecule has 0 fully saturated rings. The quantitative estimate of drug-likeness (QED) is 0.233. The first-order valence-electron chi connectivity index (χ1n) is 9.79. The van der Waals surface area contributed by atoms with E-state index >= 15 is 0 Å². The van der Waals surface area contributed by atoms with E-state index in [4.69, 9.17) is 10.3 Å². The number of benzene rings is 3. The fourth-order valence-electron chi connectivity index (χ4n) is 3.82. The molecule has 0 saturated carbocycles. The second-order valence-corrected chi connectivity index (χ2v) is 7.26. The number of hydrogen-bond acceptors (Lipinski definition) is 5. The first-order valence-corrected chi connectivity index (χ1v) is 9.79. The smallest absolute Gasteiger partial charge is 0.303 e. The summed E-state index contributed by atoms with van der Waals surface area (Å²) in [6.07, 6.45) is 0.0330. The van der Waals surface area contributed by atoms with E-state index in [0.717, 1.165) is 33.1 Å². The minimum atomic E-state index is -0.941.